The van der Waals surface area contributed by atoms with E-state index in [0.29, 0.717) is 11.9 Å². The minimum atomic E-state index is 0. The van der Waals surface area contributed by atoms with Crippen molar-refractivity contribution in [1.82, 2.24) is 20.4 Å². The molecule has 0 aromatic heterocycles. The van der Waals surface area contributed by atoms with E-state index in [1.165, 1.54) is 38.8 Å². The zero-order chi connectivity index (χ0) is 20.9. The summed E-state index contributed by atoms with van der Waals surface area (Å²) in [5.41, 5.74) is 0.0666. The van der Waals surface area contributed by atoms with E-state index in [0.717, 1.165) is 57.3 Å². The van der Waals surface area contributed by atoms with Gasteiger partial charge in [0.2, 0.25) is 5.91 Å². The van der Waals surface area contributed by atoms with Gasteiger partial charge >= 0.3 is 0 Å². The number of hydrogen-bond donors (Lipinski definition) is 2. The Morgan fingerprint density at radius 1 is 1.07 bits per heavy atom. The minimum Gasteiger partial charge on any atom is -0.357 e. The number of halogens is 1. The second-order valence-corrected chi connectivity index (χ2v) is 10.1. The summed E-state index contributed by atoms with van der Waals surface area (Å²) in [6, 6.07) is 0.302. The molecule has 30 heavy (non-hydrogen) atoms. The van der Waals surface area contributed by atoms with E-state index in [1.807, 2.05) is 0 Å². The number of carbonyl (C=O) groups is 1. The molecule has 2 unspecified atom stereocenters. The molecular weight excluding hydrogens is 489 g/mol. The number of piperidine rings is 1. The lowest BCUT2D eigenvalue weighted by atomic mass is 9.94. The van der Waals surface area contributed by atoms with Crippen LogP contribution in [0.15, 0.2) is 4.99 Å². The number of nitrogens with one attached hydrogen (secondary N) is 2. The monoisotopic (exact) mass is 533 g/mol. The molecule has 3 fully saturated rings. The molecule has 2 N–H and O–H groups in total. The van der Waals surface area contributed by atoms with Crippen molar-refractivity contribution in [2.75, 3.05) is 39.3 Å². The molecule has 0 bridgehead atoms. The number of amides is 1. The van der Waals surface area contributed by atoms with Crippen LogP contribution in [-0.2, 0) is 4.79 Å². The fourth-order valence-corrected chi connectivity index (χ4v) is 5.13. The van der Waals surface area contributed by atoms with Crippen LogP contribution in [-0.4, -0.2) is 72.5 Å². The highest BCUT2D eigenvalue weighted by Gasteiger charge is 2.33. The summed E-state index contributed by atoms with van der Waals surface area (Å²) in [5, 5.41) is 7.01. The maximum Gasteiger partial charge on any atom is 0.225 e. The summed E-state index contributed by atoms with van der Waals surface area (Å²) in [7, 11) is 0. The van der Waals surface area contributed by atoms with Crippen LogP contribution in [0.25, 0.3) is 0 Å². The van der Waals surface area contributed by atoms with Crippen LogP contribution in [0.1, 0.15) is 72.6 Å². The van der Waals surface area contributed by atoms with E-state index in [-0.39, 0.29) is 35.4 Å². The van der Waals surface area contributed by atoms with Crippen LogP contribution >= 0.6 is 24.0 Å². The molecule has 2 heterocycles. The highest BCUT2D eigenvalue weighted by atomic mass is 127. The van der Waals surface area contributed by atoms with E-state index >= 15 is 0 Å². The SMILES string of the molecule is CCNC(=NCC(C)(C)N1CCCC(C)C1)NC1CCN(C(=O)C2CCCC2)C1.I. The molecule has 2 atom stereocenters. The second kappa shape index (κ2) is 11.9. The number of rotatable bonds is 6. The van der Waals surface area contributed by atoms with Crippen molar-refractivity contribution in [3.05, 3.63) is 0 Å². The van der Waals surface area contributed by atoms with Crippen LogP contribution in [0.5, 0.6) is 0 Å². The first-order valence-corrected chi connectivity index (χ1v) is 12.0. The Morgan fingerprint density at radius 3 is 2.47 bits per heavy atom. The Bertz CT molecular complexity index is 576. The summed E-state index contributed by atoms with van der Waals surface area (Å²) in [5.74, 6) is 2.34. The van der Waals surface area contributed by atoms with Gasteiger partial charge in [0, 0.05) is 43.7 Å². The van der Waals surface area contributed by atoms with Gasteiger partial charge in [-0.25, -0.2) is 0 Å². The van der Waals surface area contributed by atoms with Crippen LogP contribution in [0.4, 0.5) is 0 Å². The molecule has 3 rings (SSSR count). The third-order valence-corrected chi connectivity index (χ3v) is 7.03. The molecule has 1 aliphatic carbocycles. The van der Waals surface area contributed by atoms with Gasteiger partial charge in [-0.3, -0.25) is 14.7 Å². The Morgan fingerprint density at radius 2 is 1.80 bits per heavy atom. The first kappa shape index (κ1) is 25.7. The normalized spacial score (nSPS) is 26.5. The van der Waals surface area contributed by atoms with Gasteiger partial charge in [-0.2, -0.15) is 0 Å². The molecule has 1 saturated carbocycles. The zero-order valence-corrected chi connectivity index (χ0v) is 21.9. The minimum absolute atomic E-state index is 0. The van der Waals surface area contributed by atoms with Crippen molar-refractivity contribution < 1.29 is 4.79 Å². The first-order valence-electron chi connectivity index (χ1n) is 12.0. The maximum atomic E-state index is 12.7. The number of hydrogen-bond acceptors (Lipinski definition) is 3. The lowest BCUT2D eigenvalue weighted by Gasteiger charge is -2.42. The van der Waals surface area contributed by atoms with Gasteiger partial charge in [0.05, 0.1) is 6.54 Å². The predicted molar refractivity (Wildman–Crippen MR) is 136 cm³/mol. The molecule has 0 aromatic carbocycles. The fraction of sp³-hybridized carbons (Fsp3) is 0.913. The molecule has 2 saturated heterocycles. The van der Waals surface area contributed by atoms with Gasteiger partial charge in [-0.05, 0) is 65.3 Å². The molecule has 7 heteroatoms. The quantitative estimate of drug-likeness (QED) is 0.312. The van der Waals surface area contributed by atoms with Crippen molar-refractivity contribution in [2.24, 2.45) is 16.8 Å². The summed E-state index contributed by atoms with van der Waals surface area (Å²) in [4.78, 5) is 22.3. The number of aliphatic imine (C=N–C) groups is 1. The molecule has 3 aliphatic rings. The third-order valence-electron chi connectivity index (χ3n) is 7.03. The molecule has 0 aromatic rings. The Labute approximate surface area is 201 Å². The van der Waals surface area contributed by atoms with Crippen LogP contribution in [0.3, 0.4) is 0 Å². The van der Waals surface area contributed by atoms with Gasteiger partial charge in [-0.15, -0.1) is 24.0 Å². The zero-order valence-electron chi connectivity index (χ0n) is 19.6. The Balaban J connectivity index is 0.00000320. The average molecular weight is 534 g/mol. The van der Waals surface area contributed by atoms with Crippen LogP contribution in [0, 0.1) is 11.8 Å². The van der Waals surface area contributed by atoms with Crippen LogP contribution in [0.2, 0.25) is 0 Å². The smallest absolute Gasteiger partial charge is 0.225 e. The lowest BCUT2D eigenvalue weighted by molar-refractivity contribution is -0.134. The van der Waals surface area contributed by atoms with E-state index in [1.54, 1.807) is 0 Å². The summed E-state index contributed by atoms with van der Waals surface area (Å²) < 4.78 is 0. The van der Waals surface area contributed by atoms with Crippen LogP contribution < -0.4 is 10.6 Å². The average Bonchev–Trinajstić information content (AvgIpc) is 3.38. The summed E-state index contributed by atoms with van der Waals surface area (Å²) in [6.07, 6.45) is 8.25. The number of nitrogens with zero attached hydrogens (tertiary/aromatic N) is 3. The lowest BCUT2D eigenvalue weighted by Crippen LogP contribution is -2.52. The first-order chi connectivity index (χ1) is 13.9. The van der Waals surface area contributed by atoms with Crippen molar-refractivity contribution in [1.29, 1.82) is 0 Å². The van der Waals surface area contributed by atoms with E-state index < -0.39 is 0 Å². The van der Waals surface area contributed by atoms with E-state index in [4.69, 9.17) is 4.99 Å². The van der Waals surface area contributed by atoms with Gasteiger partial charge in [-0.1, -0.05) is 19.8 Å². The Hall–Kier alpha value is -0.570. The largest absolute Gasteiger partial charge is 0.357 e. The van der Waals surface area contributed by atoms with Crippen molar-refractivity contribution >= 4 is 35.8 Å². The molecular formula is C23H44IN5O. The Kier molecular flexibility index (Phi) is 10.2. The second-order valence-electron chi connectivity index (χ2n) is 10.1. The van der Waals surface area contributed by atoms with Gasteiger partial charge in [0.1, 0.15) is 0 Å². The number of likely N-dealkylation sites (tertiary alicyclic amines) is 2. The highest BCUT2D eigenvalue weighted by Crippen LogP contribution is 2.28. The summed E-state index contributed by atoms with van der Waals surface area (Å²) >= 11 is 0. The molecule has 174 valence electrons. The van der Waals surface area contributed by atoms with Crippen molar-refractivity contribution in [2.45, 2.75) is 84.2 Å². The maximum absolute atomic E-state index is 12.7. The van der Waals surface area contributed by atoms with Gasteiger partial charge < -0.3 is 15.5 Å². The molecule has 0 radical (unpaired) electrons. The number of carbonyl (C=O) groups excluding carboxylic acids is 1. The van der Waals surface area contributed by atoms with Gasteiger partial charge in [0.25, 0.3) is 0 Å². The molecule has 0 spiro atoms. The fourth-order valence-electron chi connectivity index (χ4n) is 5.13. The molecule has 2 aliphatic heterocycles. The standard InChI is InChI=1S/C23H43N5O.HI/c1-5-24-22(25-17-23(3,4)28-13-8-9-18(2)15-28)26-20-12-14-27(16-20)21(29)19-10-6-7-11-19;/h18-20H,5-17H2,1-4H3,(H2,24,25,26);1H. The predicted octanol–water partition coefficient (Wildman–Crippen LogP) is 3.46. The van der Waals surface area contributed by atoms with E-state index in [2.05, 4.69) is 48.1 Å². The molecule has 1 amide bonds. The third kappa shape index (κ3) is 6.97. The molecule has 6 nitrogen and oxygen atoms in total. The van der Waals surface area contributed by atoms with Crippen molar-refractivity contribution in [3.63, 3.8) is 0 Å². The highest BCUT2D eigenvalue weighted by molar-refractivity contribution is 14.0. The van der Waals surface area contributed by atoms with Crippen molar-refractivity contribution in [3.8, 4) is 0 Å². The number of guanidine groups is 1. The summed E-state index contributed by atoms with van der Waals surface area (Å²) in [6.45, 7) is 14.8. The topological polar surface area (TPSA) is 60.0 Å². The van der Waals surface area contributed by atoms with Gasteiger partial charge in [0.15, 0.2) is 5.96 Å². The van der Waals surface area contributed by atoms with E-state index in [9.17, 15) is 4.79 Å².